The molecule has 2 aromatic heterocycles. The van der Waals surface area contributed by atoms with Crippen molar-refractivity contribution < 1.29 is 22.7 Å². The number of nitrogens with zero attached hydrogens (tertiary/aromatic N) is 4. The van der Waals surface area contributed by atoms with Crippen molar-refractivity contribution in [3.05, 3.63) is 77.7 Å². The fourth-order valence-corrected chi connectivity index (χ4v) is 5.18. The fourth-order valence-electron chi connectivity index (χ4n) is 5.18. The highest BCUT2D eigenvalue weighted by molar-refractivity contribution is 5.96. The number of nitrogens with one attached hydrogen (secondary N) is 2. The average molecular weight is 581 g/mol. The lowest BCUT2D eigenvalue weighted by Crippen LogP contribution is -2.42. The first-order valence-corrected chi connectivity index (χ1v) is 14.0. The van der Waals surface area contributed by atoms with Crippen LogP contribution in [0.25, 0.3) is 22.4 Å². The van der Waals surface area contributed by atoms with Gasteiger partial charge in [0, 0.05) is 48.7 Å². The minimum absolute atomic E-state index is 0.0289. The molecule has 8 nitrogen and oxygen atoms in total. The standard InChI is InChI=1S/C31H35F3N6O2/c1-5-40-11-10-28(38-40)23-13-21(12-22(14-23)24-16-35-39(4)17-24)20(3)36-30(41)27-15-26(8-6-19(27)2)42-18-25-7-9-29(37-25)31(32,33)34/h6,8,10-17,20,25,29,37H,5,7,9,18H2,1-4H3,(H,36,41)/t20-,25+,29+/m1/s1. The average Bonchev–Trinajstić information content (AvgIpc) is 3.73. The number of amides is 1. The van der Waals surface area contributed by atoms with E-state index < -0.39 is 18.3 Å². The number of ether oxygens (including phenoxy) is 1. The van der Waals surface area contributed by atoms with Crippen molar-refractivity contribution in [1.82, 2.24) is 30.2 Å². The molecule has 1 aliphatic rings. The quantitative estimate of drug-likeness (QED) is 0.260. The van der Waals surface area contributed by atoms with Gasteiger partial charge in [-0.3, -0.25) is 14.2 Å². The molecule has 1 amide bonds. The van der Waals surface area contributed by atoms with Crippen molar-refractivity contribution in [2.24, 2.45) is 7.05 Å². The first-order chi connectivity index (χ1) is 20.0. The van der Waals surface area contributed by atoms with E-state index in [4.69, 9.17) is 4.74 Å². The van der Waals surface area contributed by atoms with Gasteiger partial charge in [-0.15, -0.1) is 0 Å². The molecular weight excluding hydrogens is 545 g/mol. The molecule has 222 valence electrons. The van der Waals surface area contributed by atoms with Gasteiger partial charge in [0.25, 0.3) is 5.91 Å². The summed E-state index contributed by atoms with van der Waals surface area (Å²) in [6.07, 6.45) is 1.81. The zero-order valence-corrected chi connectivity index (χ0v) is 24.1. The van der Waals surface area contributed by atoms with Crippen LogP contribution in [-0.2, 0) is 13.6 Å². The number of carbonyl (C=O) groups is 1. The molecule has 1 aliphatic heterocycles. The molecule has 0 spiro atoms. The van der Waals surface area contributed by atoms with Gasteiger partial charge in [-0.25, -0.2) is 0 Å². The van der Waals surface area contributed by atoms with Gasteiger partial charge in [0.2, 0.25) is 0 Å². The van der Waals surface area contributed by atoms with Crippen molar-refractivity contribution in [3.63, 3.8) is 0 Å². The van der Waals surface area contributed by atoms with Crippen molar-refractivity contribution >= 4 is 5.91 Å². The molecule has 11 heteroatoms. The summed E-state index contributed by atoms with van der Waals surface area (Å²) >= 11 is 0. The lowest BCUT2D eigenvalue weighted by Gasteiger charge is -2.19. The van der Waals surface area contributed by atoms with Crippen LogP contribution in [0.1, 0.15) is 54.2 Å². The number of aromatic nitrogens is 4. The van der Waals surface area contributed by atoms with Crippen LogP contribution in [0.15, 0.2) is 61.1 Å². The van der Waals surface area contributed by atoms with Gasteiger partial charge in [0.15, 0.2) is 0 Å². The van der Waals surface area contributed by atoms with Gasteiger partial charge in [-0.2, -0.15) is 23.4 Å². The predicted molar refractivity (Wildman–Crippen MR) is 154 cm³/mol. The first kappa shape index (κ1) is 29.4. The van der Waals surface area contributed by atoms with Crippen molar-refractivity contribution in [1.29, 1.82) is 0 Å². The van der Waals surface area contributed by atoms with Gasteiger partial charge in [-0.05, 0) is 86.7 Å². The Morgan fingerprint density at radius 3 is 2.60 bits per heavy atom. The minimum atomic E-state index is -4.27. The lowest BCUT2D eigenvalue weighted by atomic mass is 9.96. The molecule has 0 unspecified atom stereocenters. The second-order valence-corrected chi connectivity index (χ2v) is 10.8. The summed E-state index contributed by atoms with van der Waals surface area (Å²) in [6.45, 7) is 6.64. The van der Waals surface area contributed by atoms with Crippen molar-refractivity contribution in [2.75, 3.05) is 6.61 Å². The monoisotopic (exact) mass is 580 g/mol. The van der Waals surface area contributed by atoms with Gasteiger partial charge in [0.1, 0.15) is 18.4 Å². The number of hydrogen-bond donors (Lipinski definition) is 2. The predicted octanol–water partition coefficient (Wildman–Crippen LogP) is 5.83. The second kappa shape index (κ2) is 12.0. The summed E-state index contributed by atoms with van der Waals surface area (Å²) in [5, 5.41) is 14.7. The second-order valence-electron chi connectivity index (χ2n) is 10.8. The number of rotatable bonds is 9. The highest BCUT2D eigenvalue weighted by Crippen LogP contribution is 2.31. The van der Waals surface area contributed by atoms with Crippen LogP contribution in [0, 0.1) is 6.92 Å². The lowest BCUT2D eigenvalue weighted by molar-refractivity contribution is -0.152. The van der Waals surface area contributed by atoms with E-state index in [-0.39, 0.29) is 25.0 Å². The molecule has 4 aromatic rings. The Labute approximate surface area is 242 Å². The van der Waals surface area contributed by atoms with Crippen LogP contribution in [0.4, 0.5) is 13.2 Å². The molecule has 5 rings (SSSR count). The summed E-state index contributed by atoms with van der Waals surface area (Å²) < 4.78 is 48.4. The normalized spacial score (nSPS) is 17.8. The van der Waals surface area contributed by atoms with Crippen molar-refractivity contribution in [2.45, 2.75) is 64.5 Å². The Morgan fingerprint density at radius 1 is 1.14 bits per heavy atom. The van der Waals surface area contributed by atoms with E-state index in [1.54, 1.807) is 29.1 Å². The van der Waals surface area contributed by atoms with E-state index in [1.165, 1.54) is 0 Å². The maximum atomic E-state index is 13.4. The van der Waals surface area contributed by atoms with Gasteiger partial charge in [0.05, 0.1) is 17.9 Å². The molecular formula is C31H35F3N6O2. The molecule has 2 aromatic carbocycles. The number of alkyl halides is 3. The largest absolute Gasteiger partial charge is 0.492 e. The number of aryl methyl sites for hydroxylation is 3. The molecule has 0 aliphatic carbocycles. The van der Waals surface area contributed by atoms with Crippen LogP contribution in [0.5, 0.6) is 5.75 Å². The van der Waals surface area contributed by atoms with E-state index in [9.17, 15) is 18.0 Å². The number of halogens is 3. The van der Waals surface area contributed by atoms with E-state index >= 15 is 0 Å². The number of benzene rings is 2. The van der Waals surface area contributed by atoms with Gasteiger partial charge < -0.3 is 15.4 Å². The molecule has 0 bridgehead atoms. The highest BCUT2D eigenvalue weighted by atomic mass is 19.4. The highest BCUT2D eigenvalue weighted by Gasteiger charge is 2.43. The summed E-state index contributed by atoms with van der Waals surface area (Å²) in [4.78, 5) is 13.4. The molecule has 2 N–H and O–H groups in total. The Kier molecular flexibility index (Phi) is 8.40. The summed E-state index contributed by atoms with van der Waals surface area (Å²) in [5.74, 6) is 0.160. The topological polar surface area (TPSA) is 86.0 Å². The molecule has 0 radical (unpaired) electrons. The van der Waals surface area contributed by atoms with Gasteiger partial charge in [-0.1, -0.05) is 6.07 Å². The van der Waals surface area contributed by atoms with Crippen LogP contribution in [-0.4, -0.2) is 50.3 Å². The molecule has 0 saturated carbocycles. The minimum Gasteiger partial charge on any atom is -0.492 e. The molecule has 3 heterocycles. The summed E-state index contributed by atoms with van der Waals surface area (Å²) in [7, 11) is 1.86. The maximum absolute atomic E-state index is 13.4. The SMILES string of the molecule is CCn1ccc(-c2cc(-c3cnn(C)c3)cc([C@@H](C)NC(=O)c3cc(OC[C@@H]4CC[C@@H](C(F)(F)F)N4)ccc3C)c2)n1. The van der Waals surface area contributed by atoms with E-state index in [1.807, 2.05) is 63.1 Å². The summed E-state index contributed by atoms with van der Waals surface area (Å²) in [5.41, 5.74) is 5.79. The third-order valence-corrected chi connectivity index (χ3v) is 7.64. The van der Waals surface area contributed by atoms with Gasteiger partial charge >= 0.3 is 6.18 Å². The van der Waals surface area contributed by atoms with Crippen LogP contribution in [0.2, 0.25) is 0 Å². The fraction of sp³-hybridized carbons (Fsp3) is 0.387. The Balaban J connectivity index is 1.33. The van der Waals surface area contributed by atoms with E-state index in [0.717, 1.165) is 40.1 Å². The zero-order valence-electron chi connectivity index (χ0n) is 24.1. The Bertz CT molecular complexity index is 1560. The molecule has 3 atom stereocenters. The third kappa shape index (κ3) is 6.67. The Hall–Kier alpha value is -4.12. The maximum Gasteiger partial charge on any atom is 0.403 e. The Morgan fingerprint density at radius 2 is 1.93 bits per heavy atom. The number of hydrogen-bond acceptors (Lipinski definition) is 5. The van der Waals surface area contributed by atoms with Crippen LogP contribution >= 0.6 is 0 Å². The van der Waals surface area contributed by atoms with Crippen LogP contribution in [0.3, 0.4) is 0 Å². The summed E-state index contributed by atoms with van der Waals surface area (Å²) in [6, 6.07) is 11.0. The zero-order chi connectivity index (χ0) is 30.0. The smallest absolute Gasteiger partial charge is 0.403 e. The first-order valence-electron chi connectivity index (χ1n) is 14.0. The van der Waals surface area contributed by atoms with Crippen LogP contribution < -0.4 is 15.4 Å². The third-order valence-electron chi connectivity index (χ3n) is 7.64. The molecule has 42 heavy (non-hydrogen) atoms. The molecule has 1 saturated heterocycles. The van der Waals surface area contributed by atoms with Crippen molar-refractivity contribution in [3.8, 4) is 28.1 Å². The molecule has 1 fully saturated rings. The van der Waals surface area contributed by atoms with E-state index in [2.05, 4.69) is 26.9 Å². The van der Waals surface area contributed by atoms with E-state index in [0.29, 0.717) is 17.7 Å². The number of carbonyl (C=O) groups excluding carboxylic acids is 1.